The average molecular weight is 672 g/mol. The molecule has 9 rings (SSSR count). The molecule has 9 aromatic rings. The van der Waals surface area contributed by atoms with Crippen molar-refractivity contribution in [2.45, 2.75) is 19.8 Å². The Hall–Kier alpha value is -6.72. The van der Waals surface area contributed by atoms with Crippen LogP contribution in [0.2, 0.25) is 0 Å². The zero-order valence-electron chi connectivity index (χ0n) is 28.7. The number of hydrogen-bond donors (Lipinski definition) is 0. The summed E-state index contributed by atoms with van der Waals surface area (Å²) in [5, 5.41) is 4.34. The molecule has 0 fully saturated rings. The van der Waals surface area contributed by atoms with Crippen molar-refractivity contribution in [2.75, 3.05) is 0 Å². The largest absolute Gasteiger partial charge is 0.456 e. The molecule has 0 aliphatic rings. The number of Topliss-reactive ketones (excluding diaryl/α,β-unsaturated/α-hetero) is 1. The Balaban J connectivity index is 1.14. The first-order valence-corrected chi connectivity index (χ1v) is 17.4. The van der Waals surface area contributed by atoms with E-state index < -0.39 is 0 Å². The fourth-order valence-electron chi connectivity index (χ4n) is 6.97. The van der Waals surface area contributed by atoms with E-state index in [2.05, 4.69) is 115 Å². The number of pyridine rings is 1. The van der Waals surface area contributed by atoms with Gasteiger partial charge in [0.2, 0.25) is 0 Å². The van der Waals surface area contributed by atoms with Crippen molar-refractivity contribution in [1.29, 1.82) is 0 Å². The molecule has 0 aliphatic carbocycles. The number of rotatable bonds is 7. The van der Waals surface area contributed by atoms with Gasteiger partial charge in [0.1, 0.15) is 22.6 Å². The molecule has 6 aromatic carbocycles. The smallest absolute Gasteiger partial charge is 0.179 e. The van der Waals surface area contributed by atoms with Crippen LogP contribution in [-0.2, 0) is 4.79 Å². The summed E-state index contributed by atoms with van der Waals surface area (Å²) in [7, 11) is 0. The van der Waals surface area contributed by atoms with Crippen LogP contribution in [0.25, 0.3) is 89.0 Å². The van der Waals surface area contributed by atoms with Gasteiger partial charge in [-0.2, -0.15) is 0 Å². The molecular formula is C47H33N3O2. The summed E-state index contributed by atoms with van der Waals surface area (Å²) in [6.45, 7) is 3.55. The first-order chi connectivity index (χ1) is 25.5. The summed E-state index contributed by atoms with van der Waals surface area (Å²) < 4.78 is 6.35. The van der Waals surface area contributed by atoms with Gasteiger partial charge in [-0.05, 0) is 81.9 Å². The van der Waals surface area contributed by atoms with E-state index in [1.54, 1.807) is 6.92 Å². The number of hydrogen-bond acceptors (Lipinski definition) is 5. The molecule has 3 heterocycles. The van der Waals surface area contributed by atoms with Gasteiger partial charge in [-0.15, -0.1) is 0 Å². The van der Waals surface area contributed by atoms with Crippen molar-refractivity contribution in [3.05, 3.63) is 163 Å². The Morgan fingerprint density at radius 3 is 2.02 bits per heavy atom. The highest BCUT2D eigenvalue weighted by atomic mass is 16.3. The predicted octanol–water partition coefficient (Wildman–Crippen LogP) is 12.0. The summed E-state index contributed by atoms with van der Waals surface area (Å²) in [4.78, 5) is 27.1. The Bertz CT molecular complexity index is 2780. The number of furan rings is 1. The molecule has 52 heavy (non-hydrogen) atoms. The van der Waals surface area contributed by atoms with Crippen LogP contribution in [0.5, 0.6) is 0 Å². The molecular weight excluding hydrogens is 639 g/mol. The van der Waals surface area contributed by atoms with Crippen LogP contribution in [0.4, 0.5) is 0 Å². The van der Waals surface area contributed by atoms with Crippen LogP contribution < -0.4 is 0 Å². The summed E-state index contributed by atoms with van der Waals surface area (Å²) in [5.74, 6) is 0.497. The Morgan fingerprint density at radius 2 is 1.19 bits per heavy atom. The minimum atomic E-state index is -0.182. The minimum Gasteiger partial charge on any atom is -0.456 e. The first-order valence-electron chi connectivity index (χ1n) is 17.4. The number of carbonyl (C=O) groups is 1. The highest BCUT2D eigenvalue weighted by Gasteiger charge is 2.17. The molecule has 0 N–H and O–H groups in total. The SMILES string of the molecule is CC(=O)C(C)c1ccc2c(c1)oc1cc(-c3ccnc(-c4nc(-c5ccc(-c6ccccc6)cc5)cc(-c5cccc6ccccc56)n4)c3)ccc12. The van der Waals surface area contributed by atoms with Gasteiger partial charge in [0, 0.05) is 34.0 Å². The van der Waals surface area contributed by atoms with Gasteiger partial charge in [0.25, 0.3) is 0 Å². The predicted molar refractivity (Wildman–Crippen MR) is 211 cm³/mol. The van der Waals surface area contributed by atoms with Gasteiger partial charge in [0.05, 0.1) is 11.4 Å². The third-order valence-electron chi connectivity index (χ3n) is 10.0. The Morgan fingerprint density at radius 1 is 0.538 bits per heavy atom. The van der Waals surface area contributed by atoms with Crippen molar-refractivity contribution in [3.8, 4) is 56.3 Å². The Kier molecular flexibility index (Phi) is 7.74. The van der Waals surface area contributed by atoms with Gasteiger partial charge in [-0.25, -0.2) is 9.97 Å². The number of nitrogens with zero attached hydrogens (tertiary/aromatic N) is 3. The zero-order valence-corrected chi connectivity index (χ0v) is 28.7. The lowest BCUT2D eigenvalue weighted by Crippen LogP contribution is -2.03. The molecule has 3 aromatic heterocycles. The van der Waals surface area contributed by atoms with Gasteiger partial charge >= 0.3 is 0 Å². The molecule has 0 amide bonds. The van der Waals surface area contributed by atoms with E-state index in [1.165, 1.54) is 5.56 Å². The quantitative estimate of drug-likeness (QED) is 0.169. The standard InChI is InChI=1S/C47H33N3O2/c1-29(30(2)51)35-19-21-40-41-22-20-36(27-46(41)52-45(40)26-35)37-23-24-48-44(25-37)47-49-42(34-17-15-32(16-18-34)31-9-4-3-5-10-31)28-43(50-47)39-14-8-12-33-11-6-7-13-38(33)39/h3-29H,1-2H3. The van der Waals surface area contributed by atoms with Crippen LogP contribution in [0, 0.1) is 0 Å². The third kappa shape index (κ3) is 5.72. The fourth-order valence-corrected chi connectivity index (χ4v) is 6.97. The molecule has 0 bridgehead atoms. The summed E-state index contributed by atoms with van der Waals surface area (Å²) in [6, 6.07) is 52.0. The van der Waals surface area contributed by atoms with Crippen molar-refractivity contribution in [3.63, 3.8) is 0 Å². The molecule has 5 nitrogen and oxygen atoms in total. The summed E-state index contributed by atoms with van der Waals surface area (Å²) >= 11 is 0. The number of carbonyl (C=O) groups excluding carboxylic acids is 1. The first kappa shape index (κ1) is 31.3. The normalized spacial score (nSPS) is 12.0. The topological polar surface area (TPSA) is 68.9 Å². The average Bonchev–Trinajstić information content (AvgIpc) is 3.58. The zero-order chi connectivity index (χ0) is 35.2. The fraction of sp³-hybridized carbons (Fsp3) is 0.0638. The minimum absolute atomic E-state index is 0.131. The molecule has 0 spiro atoms. The molecule has 0 radical (unpaired) electrons. The Labute approximate surface area is 301 Å². The maximum Gasteiger partial charge on any atom is 0.179 e. The van der Waals surface area contributed by atoms with Crippen molar-refractivity contribution < 1.29 is 9.21 Å². The van der Waals surface area contributed by atoms with Gasteiger partial charge in [-0.1, -0.05) is 122 Å². The summed E-state index contributed by atoms with van der Waals surface area (Å²) in [5.41, 5.74) is 11.2. The highest BCUT2D eigenvalue weighted by Crippen LogP contribution is 2.36. The molecule has 5 heteroatoms. The number of fused-ring (bicyclic) bond motifs is 4. The van der Waals surface area contributed by atoms with Crippen LogP contribution in [0.1, 0.15) is 25.3 Å². The maximum absolute atomic E-state index is 12.0. The number of ketones is 1. The van der Waals surface area contributed by atoms with E-state index in [4.69, 9.17) is 19.4 Å². The van der Waals surface area contributed by atoms with Crippen LogP contribution in [0.3, 0.4) is 0 Å². The van der Waals surface area contributed by atoms with Crippen molar-refractivity contribution in [2.24, 2.45) is 0 Å². The monoisotopic (exact) mass is 671 g/mol. The van der Waals surface area contributed by atoms with Crippen molar-refractivity contribution in [1.82, 2.24) is 15.0 Å². The van der Waals surface area contributed by atoms with Crippen LogP contribution >= 0.6 is 0 Å². The lowest BCUT2D eigenvalue weighted by atomic mass is 9.96. The van der Waals surface area contributed by atoms with Gasteiger partial charge in [0.15, 0.2) is 5.82 Å². The number of benzene rings is 6. The highest BCUT2D eigenvalue weighted by molar-refractivity contribution is 6.06. The molecule has 1 atom stereocenters. The van der Waals surface area contributed by atoms with E-state index >= 15 is 0 Å². The molecule has 1 unspecified atom stereocenters. The second kappa shape index (κ2) is 12.9. The van der Waals surface area contributed by atoms with Crippen LogP contribution in [0.15, 0.2) is 162 Å². The van der Waals surface area contributed by atoms with Gasteiger partial charge in [-0.3, -0.25) is 9.78 Å². The molecule has 0 saturated heterocycles. The maximum atomic E-state index is 12.0. The summed E-state index contributed by atoms with van der Waals surface area (Å²) in [6.07, 6.45) is 1.81. The van der Waals surface area contributed by atoms with Gasteiger partial charge < -0.3 is 4.42 Å². The van der Waals surface area contributed by atoms with Crippen LogP contribution in [-0.4, -0.2) is 20.7 Å². The van der Waals surface area contributed by atoms with E-state index in [0.29, 0.717) is 11.5 Å². The number of aromatic nitrogens is 3. The van der Waals surface area contributed by atoms with E-state index in [-0.39, 0.29) is 11.7 Å². The van der Waals surface area contributed by atoms with Crippen molar-refractivity contribution >= 4 is 38.5 Å². The van der Waals surface area contributed by atoms with E-state index in [9.17, 15) is 4.79 Å². The van der Waals surface area contributed by atoms with E-state index in [0.717, 1.165) is 77.5 Å². The third-order valence-corrected chi connectivity index (χ3v) is 10.0. The molecule has 0 aliphatic heterocycles. The second-order valence-electron chi connectivity index (χ2n) is 13.3. The lowest BCUT2D eigenvalue weighted by molar-refractivity contribution is -0.118. The molecule has 248 valence electrons. The molecule has 0 saturated carbocycles. The van der Waals surface area contributed by atoms with E-state index in [1.807, 2.05) is 49.5 Å². The lowest BCUT2D eigenvalue weighted by Gasteiger charge is -2.12. The second-order valence-corrected chi connectivity index (χ2v) is 13.3.